The molecule has 0 amide bonds. The Morgan fingerprint density at radius 3 is 2.67 bits per heavy atom. The molecule has 1 heterocycles. The van der Waals surface area contributed by atoms with Crippen LogP contribution in [0.15, 0.2) is 60.8 Å². The van der Waals surface area contributed by atoms with E-state index < -0.39 is 0 Å². The van der Waals surface area contributed by atoms with E-state index in [1.54, 1.807) is 4.80 Å². The molecular formula is C18H18N3. The van der Waals surface area contributed by atoms with Gasteiger partial charge in [0.25, 0.3) is 0 Å². The van der Waals surface area contributed by atoms with Gasteiger partial charge in [0.1, 0.15) is 0 Å². The Bertz CT molecular complexity index is 701. The predicted octanol–water partition coefficient (Wildman–Crippen LogP) is 3.62. The molecule has 0 unspecified atom stereocenters. The molecule has 21 heavy (non-hydrogen) atoms. The van der Waals surface area contributed by atoms with E-state index in [4.69, 9.17) is 0 Å². The van der Waals surface area contributed by atoms with Crippen LogP contribution in [0.5, 0.6) is 0 Å². The average Bonchev–Trinajstić information content (AvgIpc) is 3.03. The summed E-state index contributed by atoms with van der Waals surface area (Å²) in [5.41, 5.74) is 4.52. The molecule has 2 aromatic carbocycles. The maximum absolute atomic E-state index is 4.45. The zero-order valence-electron chi connectivity index (χ0n) is 12.1. The van der Waals surface area contributed by atoms with Crippen LogP contribution >= 0.6 is 0 Å². The standard InChI is InChI=1S/C18H18N3/c1-2-17-14-19-21(20-17)18-10-6-9-16(13-18)12-11-15-7-4-3-5-8-15/h3-11,13-14H,2,12H2,1H3. The lowest BCUT2D eigenvalue weighted by Gasteiger charge is -2.05. The van der Waals surface area contributed by atoms with Gasteiger partial charge >= 0.3 is 0 Å². The Kier molecular flexibility index (Phi) is 4.10. The van der Waals surface area contributed by atoms with Crippen LogP contribution in [0.3, 0.4) is 0 Å². The number of hydrogen-bond acceptors (Lipinski definition) is 2. The van der Waals surface area contributed by atoms with E-state index in [0.29, 0.717) is 0 Å². The normalized spacial score (nSPS) is 10.7. The first-order valence-electron chi connectivity index (χ1n) is 7.24. The Labute approximate surface area is 125 Å². The zero-order chi connectivity index (χ0) is 14.5. The maximum Gasteiger partial charge on any atom is 0.0859 e. The first-order chi connectivity index (χ1) is 10.3. The second-order valence-corrected chi connectivity index (χ2v) is 4.97. The zero-order valence-corrected chi connectivity index (χ0v) is 12.1. The Morgan fingerprint density at radius 2 is 1.90 bits per heavy atom. The molecule has 1 aromatic heterocycles. The minimum atomic E-state index is 0.903. The summed E-state index contributed by atoms with van der Waals surface area (Å²) in [6.45, 7) is 2.08. The van der Waals surface area contributed by atoms with Gasteiger partial charge in [0.05, 0.1) is 17.6 Å². The van der Waals surface area contributed by atoms with Gasteiger partial charge in [-0.1, -0.05) is 49.4 Å². The molecule has 3 rings (SSSR count). The highest BCUT2D eigenvalue weighted by Crippen LogP contribution is 2.13. The molecule has 105 valence electrons. The monoisotopic (exact) mass is 276 g/mol. The highest BCUT2D eigenvalue weighted by molar-refractivity contribution is 5.36. The van der Waals surface area contributed by atoms with E-state index in [1.807, 2.05) is 18.3 Å². The van der Waals surface area contributed by atoms with Crippen molar-refractivity contribution in [1.82, 2.24) is 15.0 Å². The smallest absolute Gasteiger partial charge is 0.0859 e. The topological polar surface area (TPSA) is 30.7 Å². The summed E-state index contributed by atoms with van der Waals surface area (Å²) in [4.78, 5) is 1.70. The Hall–Kier alpha value is -2.42. The summed E-state index contributed by atoms with van der Waals surface area (Å²) in [5, 5.41) is 8.77. The minimum absolute atomic E-state index is 0.903. The lowest BCUT2D eigenvalue weighted by molar-refractivity contribution is 0.738. The van der Waals surface area contributed by atoms with Gasteiger partial charge in [-0.05, 0) is 42.5 Å². The van der Waals surface area contributed by atoms with Gasteiger partial charge in [0.2, 0.25) is 0 Å². The van der Waals surface area contributed by atoms with Crippen molar-refractivity contribution in [2.24, 2.45) is 0 Å². The molecule has 0 aliphatic carbocycles. The van der Waals surface area contributed by atoms with Crippen molar-refractivity contribution in [2.75, 3.05) is 0 Å². The highest BCUT2D eigenvalue weighted by Gasteiger charge is 2.03. The third-order valence-corrected chi connectivity index (χ3v) is 3.42. The molecule has 0 bridgehead atoms. The molecule has 3 aromatic rings. The van der Waals surface area contributed by atoms with Crippen LogP contribution < -0.4 is 0 Å². The third kappa shape index (κ3) is 3.37. The van der Waals surface area contributed by atoms with Crippen LogP contribution in [-0.4, -0.2) is 15.0 Å². The maximum atomic E-state index is 4.45. The molecule has 0 aliphatic rings. The van der Waals surface area contributed by atoms with Crippen LogP contribution in [0.25, 0.3) is 5.69 Å². The quantitative estimate of drug-likeness (QED) is 0.712. The van der Waals surface area contributed by atoms with Crippen LogP contribution in [0.4, 0.5) is 0 Å². The summed E-state index contributed by atoms with van der Waals surface area (Å²) < 4.78 is 0. The fraction of sp³-hybridized carbons (Fsp3) is 0.167. The summed E-state index contributed by atoms with van der Waals surface area (Å²) in [5.74, 6) is 0. The van der Waals surface area contributed by atoms with E-state index in [2.05, 4.69) is 66.0 Å². The largest absolute Gasteiger partial charge is 0.157 e. The van der Waals surface area contributed by atoms with Crippen LogP contribution in [0, 0.1) is 6.42 Å². The lowest BCUT2D eigenvalue weighted by Crippen LogP contribution is -2.00. The first-order valence-corrected chi connectivity index (χ1v) is 7.24. The lowest BCUT2D eigenvalue weighted by atomic mass is 10.0. The second-order valence-electron chi connectivity index (χ2n) is 4.97. The summed E-state index contributed by atoms with van der Waals surface area (Å²) in [7, 11) is 0. The molecule has 0 N–H and O–H groups in total. The molecule has 0 saturated heterocycles. The van der Waals surface area contributed by atoms with Gasteiger partial charge in [0.15, 0.2) is 0 Å². The van der Waals surface area contributed by atoms with Gasteiger partial charge < -0.3 is 0 Å². The molecule has 0 spiro atoms. The van der Waals surface area contributed by atoms with E-state index in [0.717, 1.165) is 24.2 Å². The molecule has 0 saturated carbocycles. The van der Waals surface area contributed by atoms with E-state index in [-0.39, 0.29) is 0 Å². The van der Waals surface area contributed by atoms with Crippen molar-refractivity contribution < 1.29 is 0 Å². The number of aryl methyl sites for hydroxylation is 1. The van der Waals surface area contributed by atoms with Gasteiger partial charge in [-0.2, -0.15) is 15.0 Å². The van der Waals surface area contributed by atoms with Crippen molar-refractivity contribution in [1.29, 1.82) is 0 Å². The van der Waals surface area contributed by atoms with E-state index in [9.17, 15) is 0 Å². The second kappa shape index (κ2) is 6.35. The van der Waals surface area contributed by atoms with Crippen LogP contribution in [-0.2, 0) is 12.8 Å². The van der Waals surface area contributed by atoms with Gasteiger partial charge in [-0.3, -0.25) is 0 Å². The molecule has 0 aliphatic heterocycles. The van der Waals surface area contributed by atoms with Gasteiger partial charge in [-0.15, -0.1) is 0 Å². The molecule has 0 atom stereocenters. The molecule has 1 radical (unpaired) electrons. The van der Waals surface area contributed by atoms with Crippen LogP contribution in [0.2, 0.25) is 0 Å². The first kappa shape index (κ1) is 13.6. The van der Waals surface area contributed by atoms with Crippen LogP contribution in [0.1, 0.15) is 23.7 Å². The predicted molar refractivity (Wildman–Crippen MR) is 84.3 cm³/mol. The van der Waals surface area contributed by atoms with Gasteiger partial charge in [0, 0.05) is 0 Å². The molecule has 3 nitrogen and oxygen atoms in total. The van der Waals surface area contributed by atoms with Crippen molar-refractivity contribution in [3.05, 3.63) is 84.0 Å². The Morgan fingerprint density at radius 1 is 1.05 bits per heavy atom. The fourth-order valence-electron chi connectivity index (χ4n) is 2.21. The number of aromatic nitrogens is 3. The molecule has 0 fully saturated rings. The number of benzene rings is 2. The van der Waals surface area contributed by atoms with Crippen molar-refractivity contribution in [3.8, 4) is 5.69 Å². The van der Waals surface area contributed by atoms with E-state index >= 15 is 0 Å². The molecular weight excluding hydrogens is 258 g/mol. The number of rotatable bonds is 5. The van der Waals surface area contributed by atoms with Gasteiger partial charge in [-0.25, -0.2) is 0 Å². The summed E-state index contributed by atoms with van der Waals surface area (Å²) in [6.07, 6.45) is 5.86. The average molecular weight is 276 g/mol. The fourth-order valence-corrected chi connectivity index (χ4v) is 2.21. The minimum Gasteiger partial charge on any atom is -0.157 e. The highest BCUT2D eigenvalue weighted by atomic mass is 15.5. The third-order valence-electron chi connectivity index (χ3n) is 3.42. The van der Waals surface area contributed by atoms with E-state index in [1.165, 1.54) is 11.1 Å². The summed E-state index contributed by atoms with van der Waals surface area (Å²) in [6, 6.07) is 18.7. The Balaban J connectivity index is 1.74. The molecule has 3 heteroatoms. The van der Waals surface area contributed by atoms with Crippen molar-refractivity contribution >= 4 is 0 Å². The van der Waals surface area contributed by atoms with Crippen molar-refractivity contribution in [3.63, 3.8) is 0 Å². The SMILES string of the molecule is CCc1cnn(-c2cccc(C[CH]c3ccccc3)c2)n1. The number of nitrogens with zero attached hydrogens (tertiary/aromatic N) is 3. The summed E-state index contributed by atoms with van der Waals surface area (Å²) >= 11 is 0. The number of hydrogen-bond donors (Lipinski definition) is 0. The van der Waals surface area contributed by atoms with Crippen molar-refractivity contribution in [2.45, 2.75) is 19.8 Å².